The van der Waals surface area contributed by atoms with Gasteiger partial charge in [-0.25, -0.2) is 0 Å². The van der Waals surface area contributed by atoms with Gasteiger partial charge in [0.2, 0.25) is 0 Å². The maximum atomic E-state index is 12.8. The maximum Gasteiger partial charge on any atom is 0.266 e. The molecule has 3 aromatic rings. The van der Waals surface area contributed by atoms with Gasteiger partial charge >= 0.3 is 0 Å². The summed E-state index contributed by atoms with van der Waals surface area (Å²) in [5, 5.41) is 1.05. The highest BCUT2D eigenvalue weighted by Gasteiger charge is 2.09. The van der Waals surface area contributed by atoms with E-state index in [1.54, 1.807) is 18.2 Å². The fourth-order valence-corrected chi connectivity index (χ4v) is 3.08. The van der Waals surface area contributed by atoms with Crippen molar-refractivity contribution in [2.24, 2.45) is 0 Å². The molecule has 0 bridgehead atoms. The zero-order valence-corrected chi connectivity index (χ0v) is 14.5. The van der Waals surface area contributed by atoms with Crippen LogP contribution in [0.15, 0.2) is 47.3 Å². The summed E-state index contributed by atoms with van der Waals surface area (Å²) in [6.07, 6.45) is 1.08. The van der Waals surface area contributed by atoms with Crippen LogP contribution in [0.25, 0.3) is 16.6 Å². The summed E-state index contributed by atoms with van der Waals surface area (Å²) in [6, 6.07) is 13.1. The molecule has 118 valence electrons. The van der Waals surface area contributed by atoms with E-state index in [0.717, 1.165) is 12.1 Å². The lowest BCUT2D eigenvalue weighted by Gasteiger charge is -2.12. The third kappa shape index (κ3) is 2.96. The number of nitrogens with one attached hydrogen (secondary N) is 1. The number of fused-ring (bicyclic) bond motifs is 1. The number of nitrogens with zero attached hydrogens (tertiary/aromatic N) is 1. The number of H-pyrrole nitrogens is 1. The van der Waals surface area contributed by atoms with Crippen molar-refractivity contribution >= 4 is 34.7 Å². The van der Waals surface area contributed by atoms with E-state index in [-0.39, 0.29) is 5.56 Å². The van der Waals surface area contributed by atoms with Crippen LogP contribution in [-0.4, -0.2) is 9.55 Å². The van der Waals surface area contributed by atoms with Gasteiger partial charge in [0.15, 0.2) is 4.77 Å². The molecular weight excluding hydrogens is 328 g/mol. The molecule has 3 nitrogen and oxygen atoms in total. The van der Waals surface area contributed by atoms with E-state index in [0.29, 0.717) is 26.6 Å². The molecule has 0 aliphatic rings. The molecule has 3 rings (SSSR count). The number of hydrogen-bond acceptors (Lipinski definition) is 2. The van der Waals surface area contributed by atoms with Crippen LogP contribution in [0.4, 0.5) is 0 Å². The first-order valence-corrected chi connectivity index (χ1v) is 8.35. The highest BCUT2D eigenvalue weighted by molar-refractivity contribution is 7.71. The van der Waals surface area contributed by atoms with Gasteiger partial charge in [-0.3, -0.25) is 9.36 Å². The Hall–Kier alpha value is -1.91. The fraction of sp³-hybridized carbons (Fsp3) is 0.222. The molecule has 0 radical (unpaired) electrons. The summed E-state index contributed by atoms with van der Waals surface area (Å²) < 4.78 is 1.88. The quantitative estimate of drug-likeness (QED) is 0.662. The number of aromatic amines is 1. The average Bonchev–Trinajstić information content (AvgIpc) is 2.55. The van der Waals surface area contributed by atoms with E-state index in [1.807, 2.05) is 24.3 Å². The molecule has 1 aromatic heterocycles. The summed E-state index contributed by atoms with van der Waals surface area (Å²) >= 11 is 11.4. The van der Waals surface area contributed by atoms with Crippen LogP contribution in [0.2, 0.25) is 5.02 Å². The van der Waals surface area contributed by atoms with E-state index in [1.165, 1.54) is 10.1 Å². The Morgan fingerprint density at radius 1 is 1.22 bits per heavy atom. The Kier molecular flexibility index (Phi) is 4.37. The lowest BCUT2D eigenvalue weighted by molar-refractivity contribution is 0.733. The van der Waals surface area contributed by atoms with Crippen LogP contribution < -0.4 is 5.56 Å². The molecule has 1 heterocycles. The molecule has 1 N–H and O–H groups in total. The van der Waals surface area contributed by atoms with E-state index < -0.39 is 0 Å². The molecular formula is C18H17ClN2OS. The van der Waals surface area contributed by atoms with Crippen LogP contribution >= 0.6 is 23.8 Å². The molecule has 0 saturated carbocycles. The van der Waals surface area contributed by atoms with Crippen molar-refractivity contribution in [2.75, 3.05) is 0 Å². The smallest absolute Gasteiger partial charge is 0.266 e. The molecule has 23 heavy (non-hydrogen) atoms. The molecule has 0 aliphatic carbocycles. The first-order valence-electron chi connectivity index (χ1n) is 7.56. The zero-order chi connectivity index (χ0) is 16.6. The lowest BCUT2D eigenvalue weighted by atomic mass is 9.98. The van der Waals surface area contributed by atoms with Crippen molar-refractivity contribution in [1.82, 2.24) is 9.55 Å². The summed E-state index contributed by atoms with van der Waals surface area (Å²) in [5.74, 6) is 0.491. The largest absolute Gasteiger partial charge is 0.331 e. The third-order valence-electron chi connectivity index (χ3n) is 4.19. The van der Waals surface area contributed by atoms with Gasteiger partial charge in [-0.15, -0.1) is 0 Å². The first kappa shape index (κ1) is 16.0. The molecule has 0 unspecified atom stereocenters. The monoisotopic (exact) mass is 344 g/mol. The standard InChI is InChI=1S/C18H17ClN2OS/c1-3-11(2)12-4-7-14(8-5-12)21-17(22)15-10-13(19)6-9-16(15)20-18(21)23/h4-11H,3H2,1-2H3,(H,20,23)/t11-/m0/s1. The van der Waals surface area contributed by atoms with Gasteiger partial charge in [0.05, 0.1) is 16.6 Å². The van der Waals surface area contributed by atoms with Crippen LogP contribution in [-0.2, 0) is 0 Å². The summed E-state index contributed by atoms with van der Waals surface area (Å²) in [4.78, 5) is 15.9. The van der Waals surface area contributed by atoms with Crippen molar-refractivity contribution in [3.05, 3.63) is 68.2 Å². The predicted octanol–water partition coefficient (Wildman–Crippen LogP) is 5.22. The van der Waals surface area contributed by atoms with Crippen molar-refractivity contribution in [1.29, 1.82) is 0 Å². The number of hydrogen-bond donors (Lipinski definition) is 1. The minimum atomic E-state index is -0.164. The highest BCUT2D eigenvalue weighted by atomic mass is 35.5. The van der Waals surface area contributed by atoms with Crippen molar-refractivity contribution < 1.29 is 0 Å². The van der Waals surface area contributed by atoms with Gasteiger partial charge in [-0.05, 0) is 60.5 Å². The Labute approximate surface area is 144 Å². The van der Waals surface area contributed by atoms with Gasteiger partial charge in [-0.2, -0.15) is 0 Å². The van der Waals surface area contributed by atoms with Crippen molar-refractivity contribution in [3.8, 4) is 5.69 Å². The summed E-state index contributed by atoms with van der Waals surface area (Å²) in [6.45, 7) is 4.35. The first-order chi connectivity index (χ1) is 11.0. The fourth-order valence-electron chi connectivity index (χ4n) is 2.61. The topological polar surface area (TPSA) is 37.8 Å². The number of halogens is 1. The van der Waals surface area contributed by atoms with Gasteiger partial charge < -0.3 is 4.98 Å². The van der Waals surface area contributed by atoms with E-state index in [4.69, 9.17) is 23.8 Å². The van der Waals surface area contributed by atoms with Gasteiger partial charge in [0.25, 0.3) is 5.56 Å². The van der Waals surface area contributed by atoms with E-state index in [9.17, 15) is 4.79 Å². The molecule has 1 atom stereocenters. The lowest BCUT2D eigenvalue weighted by Crippen LogP contribution is -2.20. The predicted molar refractivity (Wildman–Crippen MR) is 98.4 cm³/mol. The second kappa shape index (κ2) is 6.30. The third-order valence-corrected chi connectivity index (χ3v) is 4.71. The maximum absolute atomic E-state index is 12.8. The number of rotatable bonds is 3. The normalized spacial score (nSPS) is 12.5. The number of benzene rings is 2. The van der Waals surface area contributed by atoms with Crippen LogP contribution in [0.5, 0.6) is 0 Å². The minimum absolute atomic E-state index is 0.164. The molecule has 0 spiro atoms. The highest BCUT2D eigenvalue weighted by Crippen LogP contribution is 2.20. The van der Waals surface area contributed by atoms with Crippen LogP contribution in [0.1, 0.15) is 31.7 Å². The SMILES string of the molecule is CC[C@H](C)c1ccc(-n2c(=S)[nH]c3ccc(Cl)cc3c2=O)cc1. The molecule has 0 aliphatic heterocycles. The molecule has 5 heteroatoms. The van der Waals surface area contributed by atoms with Gasteiger partial charge in [-0.1, -0.05) is 37.6 Å². The molecule has 2 aromatic carbocycles. The van der Waals surface area contributed by atoms with Crippen LogP contribution in [0, 0.1) is 4.77 Å². The Morgan fingerprint density at radius 3 is 2.57 bits per heavy atom. The average molecular weight is 345 g/mol. The van der Waals surface area contributed by atoms with Crippen molar-refractivity contribution in [3.63, 3.8) is 0 Å². The second-order valence-corrected chi connectivity index (χ2v) is 6.48. The zero-order valence-electron chi connectivity index (χ0n) is 13.0. The number of aromatic nitrogens is 2. The Balaban J connectivity index is 2.20. The van der Waals surface area contributed by atoms with Crippen molar-refractivity contribution in [2.45, 2.75) is 26.2 Å². The van der Waals surface area contributed by atoms with E-state index in [2.05, 4.69) is 18.8 Å². The molecule has 0 saturated heterocycles. The molecule has 0 fully saturated rings. The molecule has 0 amide bonds. The minimum Gasteiger partial charge on any atom is -0.331 e. The van der Waals surface area contributed by atoms with E-state index >= 15 is 0 Å². The Bertz CT molecular complexity index is 973. The summed E-state index contributed by atoms with van der Waals surface area (Å²) in [5.41, 5.74) is 2.53. The van der Waals surface area contributed by atoms with Gasteiger partial charge in [0, 0.05) is 5.02 Å². The van der Waals surface area contributed by atoms with Crippen LogP contribution in [0.3, 0.4) is 0 Å². The Morgan fingerprint density at radius 2 is 1.91 bits per heavy atom. The second-order valence-electron chi connectivity index (χ2n) is 5.66. The summed E-state index contributed by atoms with van der Waals surface area (Å²) in [7, 11) is 0. The van der Waals surface area contributed by atoms with Gasteiger partial charge in [0.1, 0.15) is 0 Å².